The van der Waals surface area contributed by atoms with Gasteiger partial charge in [-0.15, -0.1) is 0 Å². The quantitative estimate of drug-likeness (QED) is 0.585. The van der Waals surface area contributed by atoms with Crippen molar-refractivity contribution in [3.8, 4) is 0 Å². The Morgan fingerprint density at radius 2 is 2.64 bits per heavy atom. The third kappa shape index (κ3) is 1.05. The molecular weight excluding hydrogens is 160 g/mol. The highest BCUT2D eigenvalue weighted by Gasteiger charge is 2.10. The van der Waals surface area contributed by atoms with Gasteiger partial charge in [0.1, 0.15) is 0 Å². The zero-order valence-electron chi connectivity index (χ0n) is 5.73. The second-order valence-corrected chi connectivity index (χ2v) is 3.14. The van der Waals surface area contributed by atoms with Crippen molar-refractivity contribution in [2.45, 2.75) is 6.54 Å². The van der Waals surface area contributed by atoms with E-state index in [0.29, 0.717) is 6.54 Å². The Balaban J connectivity index is 2.35. The highest BCUT2D eigenvalue weighted by molar-refractivity contribution is 7.06. The van der Waals surface area contributed by atoms with Crippen LogP contribution < -0.4 is 0 Å². The number of carbonyl (C=O) groups excluding carboxylic acids is 1. The smallest absolute Gasteiger partial charge is 0.213 e. The average molecular weight is 166 g/mol. The number of nitrogens with zero attached hydrogens (tertiary/aromatic N) is 2. The maximum Gasteiger partial charge on any atom is 0.213 e. The molecular formula is C7H6N2OS. The number of hydrogen-bond acceptors (Lipinski definition) is 3. The lowest BCUT2D eigenvalue weighted by atomic mass is 10.2. The summed E-state index contributed by atoms with van der Waals surface area (Å²) >= 11 is 1.46. The molecule has 1 aliphatic heterocycles. The van der Waals surface area contributed by atoms with Crippen molar-refractivity contribution in [3.05, 3.63) is 22.8 Å². The summed E-state index contributed by atoms with van der Waals surface area (Å²) in [6.45, 7) is 0.659. The minimum Gasteiger partial charge on any atom is -0.317 e. The van der Waals surface area contributed by atoms with Crippen LogP contribution in [0.2, 0.25) is 0 Å². The van der Waals surface area contributed by atoms with E-state index < -0.39 is 0 Å². The number of fused-ring (bicyclic) bond motifs is 1. The van der Waals surface area contributed by atoms with Crippen LogP contribution in [0, 0.1) is 0 Å². The van der Waals surface area contributed by atoms with Gasteiger partial charge in [-0.2, -0.15) is 0 Å². The Morgan fingerprint density at radius 1 is 1.73 bits per heavy atom. The Hall–Kier alpha value is -1.16. The lowest BCUT2D eigenvalue weighted by Crippen LogP contribution is -2.16. The summed E-state index contributed by atoms with van der Waals surface area (Å²) < 4.78 is 4.02. The maximum atomic E-state index is 10.3. The lowest BCUT2D eigenvalue weighted by Gasteiger charge is -2.14. The first-order valence-corrected chi connectivity index (χ1v) is 4.00. The van der Waals surface area contributed by atoms with Crippen LogP contribution in [-0.4, -0.2) is 15.7 Å². The summed E-state index contributed by atoms with van der Waals surface area (Å²) in [7, 11) is 0. The van der Waals surface area contributed by atoms with E-state index in [4.69, 9.17) is 0 Å². The molecule has 0 saturated carbocycles. The van der Waals surface area contributed by atoms with Crippen LogP contribution in [0.25, 0.3) is 6.08 Å². The van der Waals surface area contributed by atoms with Gasteiger partial charge in [-0.05, 0) is 17.6 Å². The highest BCUT2D eigenvalue weighted by Crippen LogP contribution is 2.21. The number of carbonyl (C=O) groups is 1. The van der Waals surface area contributed by atoms with Crippen LogP contribution in [-0.2, 0) is 11.3 Å². The monoisotopic (exact) mass is 166 g/mol. The molecule has 0 spiro atoms. The molecule has 0 unspecified atom stereocenters. The van der Waals surface area contributed by atoms with Crippen molar-refractivity contribution in [2.24, 2.45) is 0 Å². The van der Waals surface area contributed by atoms with Gasteiger partial charge in [0.25, 0.3) is 0 Å². The fourth-order valence-electron chi connectivity index (χ4n) is 1.01. The van der Waals surface area contributed by atoms with Gasteiger partial charge in [0.2, 0.25) is 6.41 Å². The SMILES string of the molecule is O=CN1C=Cc2sncc2C1. The minimum atomic E-state index is 0.659. The summed E-state index contributed by atoms with van der Waals surface area (Å²) in [4.78, 5) is 13.1. The van der Waals surface area contributed by atoms with E-state index in [9.17, 15) is 4.79 Å². The molecule has 1 aliphatic rings. The number of rotatable bonds is 1. The van der Waals surface area contributed by atoms with Gasteiger partial charge in [0.05, 0.1) is 11.4 Å². The molecule has 0 aromatic carbocycles. The standard InChI is InChI=1S/C7H6N2OS/c10-5-9-2-1-7-6(4-9)3-8-11-7/h1-3,5H,4H2. The summed E-state index contributed by atoms with van der Waals surface area (Å²) in [6, 6.07) is 0. The zero-order chi connectivity index (χ0) is 7.68. The predicted octanol–water partition coefficient (Wildman–Crippen LogP) is 1.09. The van der Waals surface area contributed by atoms with Gasteiger partial charge in [-0.3, -0.25) is 4.79 Å². The van der Waals surface area contributed by atoms with Crippen LogP contribution in [0.3, 0.4) is 0 Å². The van der Waals surface area contributed by atoms with E-state index in [0.717, 1.165) is 16.9 Å². The van der Waals surface area contributed by atoms with Crippen LogP contribution in [0.15, 0.2) is 12.4 Å². The van der Waals surface area contributed by atoms with Gasteiger partial charge in [0.15, 0.2) is 0 Å². The van der Waals surface area contributed by atoms with E-state index in [1.165, 1.54) is 11.5 Å². The van der Waals surface area contributed by atoms with Crippen LogP contribution in [0.5, 0.6) is 0 Å². The molecule has 56 valence electrons. The topological polar surface area (TPSA) is 33.2 Å². The second kappa shape index (κ2) is 2.47. The molecule has 2 heterocycles. The van der Waals surface area contributed by atoms with E-state index in [2.05, 4.69) is 4.37 Å². The lowest BCUT2D eigenvalue weighted by molar-refractivity contribution is -0.116. The molecule has 0 saturated heterocycles. The van der Waals surface area contributed by atoms with Crippen molar-refractivity contribution in [2.75, 3.05) is 0 Å². The van der Waals surface area contributed by atoms with E-state index in [-0.39, 0.29) is 0 Å². The molecule has 1 aromatic heterocycles. The first kappa shape index (κ1) is 6.54. The second-order valence-electron chi connectivity index (χ2n) is 2.31. The van der Waals surface area contributed by atoms with E-state index >= 15 is 0 Å². The van der Waals surface area contributed by atoms with Gasteiger partial charge in [-0.25, -0.2) is 4.37 Å². The van der Waals surface area contributed by atoms with Crippen molar-refractivity contribution >= 4 is 24.0 Å². The molecule has 3 nitrogen and oxygen atoms in total. The van der Waals surface area contributed by atoms with Gasteiger partial charge in [0, 0.05) is 18.0 Å². The van der Waals surface area contributed by atoms with Crippen molar-refractivity contribution in [1.29, 1.82) is 0 Å². The molecule has 0 bridgehead atoms. The fourth-order valence-corrected chi connectivity index (χ4v) is 1.66. The maximum absolute atomic E-state index is 10.3. The molecule has 11 heavy (non-hydrogen) atoms. The summed E-state index contributed by atoms with van der Waals surface area (Å²) in [5, 5.41) is 0. The molecule has 0 N–H and O–H groups in total. The predicted molar refractivity (Wildman–Crippen MR) is 42.8 cm³/mol. The van der Waals surface area contributed by atoms with Gasteiger partial charge < -0.3 is 4.90 Å². The fraction of sp³-hybridized carbons (Fsp3) is 0.143. The molecule has 1 amide bonds. The highest BCUT2D eigenvalue weighted by atomic mass is 32.1. The molecule has 2 rings (SSSR count). The number of aromatic nitrogens is 1. The summed E-state index contributed by atoms with van der Waals surface area (Å²) in [5.74, 6) is 0. The molecule has 1 aromatic rings. The first-order chi connectivity index (χ1) is 5.40. The summed E-state index contributed by atoms with van der Waals surface area (Å²) in [6.07, 6.45) is 6.30. The van der Waals surface area contributed by atoms with Crippen LogP contribution >= 0.6 is 11.5 Å². The van der Waals surface area contributed by atoms with Crippen molar-refractivity contribution in [3.63, 3.8) is 0 Å². The Bertz CT molecular complexity index is 305. The average Bonchev–Trinajstić information content (AvgIpc) is 2.50. The van der Waals surface area contributed by atoms with E-state index in [1.807, 2.05) is 6.08 Å². The first-order valence-electron chi connectivity index (χ1n) is 3.23. The summed E-state index contributed by atoms with van der Waals surface area (Å²) in [5.41, 5.74) is 1.13. The number of hydrogen-bond donors (Lipinski definition) is 0. The molecule has 0 fully saturated rings. The minimum absolute atomic E-state index is 0.659. The van der Waals surface area contributed by atoms with Gasteiger partial charge >= 0.3 is 0 Å². The van der Waals surface area contributed by atoms with Crippen LogP contribution in [0.1, 0.15) is 10.4 Å². The molecule has 4 heteroatoms. The largest absolute Gasteiger partial charge is 0.317 e. The Morgan fingerprint density at radius 3 is 3.45 bits per heavy atom. The molecule has 0 aliphatic carbocycles. The third-order valence-electron chi connectivity index (χ3n) is 1.58. The third-order valence-corrected chi connectivity index (χ3v) is 2.39. The normalized spacial score (nSPS) is 14.7. The molecule has 0 atom stereocenters. The molecule has 0 radical (unpaired) electrons. The Labute approximate surface area is 68.1 Å². The van der Waals surface area contributed by atoms with Gasteiger partial charge in [-0.1, -0.05) is 0 Å². The number of amides is 1. The van der Waals surface area contributed by atoms with Crippen molar-refractivity contribution in [1.82, 2.24) is 9.27 Å². The van der Waals surface area contributed by atoms with Crippen LogP contribution in [0.4, 0.5) is 0 Å². The van der Waals surface area contributed by atoms with E-state index in [1.54, 1.807) is 17.3 Å². The van der Waals surface area contributed by atoms with Crippen molar-refractivity contribution < 1.29 is 4.79 Å². The Kier molecular flexibility index (Phi) is 1.47. The zero-order valence-corrected chi connectivity index (χ0v) is 6.54.